The summed E-state index contributed by atoms with van der Waals surface area (Å²) >= 11 is 0. The molecule has 0 aliphatic carbocycles. The Balaban J connectivity index is 2.86. The molecule has 0 radical (unpaired) electrons. The predicted octanol–water partition coefficient (Wildman–Crippen LogP) is 0.192. The number of carbonyl (C=O) groups is 1. The number of piperazine rings is 1. The lowest BCUT2D eigenvalue weighted by Gasteiger charge is -2.46. The van der Waals surface area contributed by atoms with Gasteiger partial charge in [0.05, 0.1) is 0 Å². The monoisotopic (exact) mass is 213 g/mol. The molecule has 4 heteroatoms. The van der Waals surface area contributed by atoms with Crippen LogP contribution in [0.4, 0.5) is 0 Å². The number of hydrogen-bond acceptors (Lipinski definition) is 3. The molecule has 0 aromatic rings. The zero-order valence-electron chi connectivity index (χ0n) is 10.4. The molecule has 0 aromatic heterocycles. The van der Waals surface area contributed by atoms with E-state index in [4.69, 9.17) is 0 Å². The molecule has 0 spiro atoms. The van der Waals surface area contributed by atoms with Crippen molar-refractivity contribution < 1.29 is 4.79 Å². The minimum absolute atomic E-state index is 0.0498. The van der Waals surface area contributed by atoms with Crippen molar-refractivity contribution in [2.75, 3.05) is 13.6 Å². The summed E-state index contributed by atoms with van der Waals surface area (Å²) < 4.78 is 0. The van der Waals surface area contributed by atoms with Crippen molar-refractivity contribution in [2.24, 2.45) is 0 Å². The van der Waals surface area contributed by atoms with Gasteiger partial charge < -0.3 is 10.6 Å². The first-order valence-corrected chi connectivity index (χ1v) is 5.76. The third-order valence-corrected chi connectivity index (χ3v) is 3.48. The van der Waals surface area contributed by atoms with E-state index in [0.717, 1.165) is 6.54 Å². The molecule has 2 N–H and O–H groups in total. The molecule has 88 valence electrons. The van der Waals surface area contributed by atoms with Crippen LogP contribution in [0.2, 0.25) is 0 Å². The number of amides is 1. The molecule has 1 saturated heterocycles. The van der Waals surface area contributed by atoms with Crippen LogP contribution in [0.15, 0.2) is 0 Å². The Hall–Kier alpha value is -0.610. The normalized spacial score (nSPS) is 37.7. The van der Waals surface area contributed by atoms with Crippen LogP contribution in [0.3, 0.4) is 0 Å². The maximum Gasteiger partial charge on any atom is 0.238 e. The second-order valence-electron chi connectivity index (χ2n) is 4.37. The van der Waals surface area contributed by atoms with Crippen molar-refractivity contribution in [1.29, 1.82) is 0 Å². The van der Waals surface area contributed by atoms with Gasteiger partial charge in [0.25, 0.3) is 0 Å². The molecule has 1 amide bonds. The quantitative estimate of drug-likeness (QED) is 0.688. The molecule has 1 heterocycles. The fourth-order valence-electron chi connectivity index (χ4n) is 2.48. The lowest BCUT2D eigenvalue weighted by molar-refractivity contribution is -0.129. The summed E-state index contributed by atoms with van der Waals surface area (Å²) in [5.41, 5.74) is 0. The van der Waals surface area contributed by atoms with Crippen molar-refractivity contribution in [3.05, 3.63) is 0 Å². The summed E-state index contributed by atoms with van der Waals surface area (Å²) in [4.78, 5) is 14.1. The van der Waals surface area contributed by atoms with Gasteiger partial charge in [-0.25, -0.2) is 0 Å². The SMILES string of the molecule is CCN1C(C)C(C)NC(C)C1C(=O)NC. The minimum atomic E-state index is -0.0498. The van der Waals surface area contributed by atoms with E-state index in [-0.39, 0.29) is 18.0 Å². The molecule has 1 rings (SSSR count). The third kappa shape index (κ3) is 2.32. The standard InChI is InChI=1S/C11H23N3O/c1-6-14-9(4)7(2)13-8(3)10(14)11(15)12-5/h7-10,13H,6H2,1-5H3,(H,12,15). The highest BCUT2D eigenvalue weighted by molar-refractivity contribution is 5.82. The van der Waals surface area contributed by atoms with Gasteiger partial charge in [-0.15, -0.1) is 0 Å². The Morgan fingerprint density at radius 2 is 1.93 bits per heavy atom. The Kier molecular flexibility index (Phi) is 4.11. The third-order valence-electron chi connectivity index (χ3n) is 3.48. The van der Waals surface area contributed by atoms with Gasteiger partial charge in [0.1, 0.15) is 6.04 Å². The van der Waals surface area contributed by atoms with Crippen LogP contribution in [-0.2, 0) is 4.79 Å². The van der Waals surface area contributed by atoms with Gasteiger partial charge in [-0.2, -0.15) is 0 Å². The van der Waals surface area contributed by atoms with Crippen molar-refractivity contribution in [3.8, 4) is 0 Å². The van der Waals surface area contributed by atoms with E-state index in [1.165, 1.54) is 0 Å². The average molecular weight is 213 g/mol. The number of carbonyl (C=O) groups excluding carboxylic acids is 1. The van der Waals surface area contributed by atoms with E-state index in [9.17, 15) is 4.79 Å². The second kappa shape index (κ2) is 4.94. The molecular formula is C11H23N3O. The molecule has 1 aliphatic heterocycles. The highest BCUT2D eigenvalue weighted by atomic mass is 16.2. The van der Waals surface area contributed by atoms with Crippen LogP contribution in [0.5, 0.6) is 0 Å². The summed E-state index contributed by atoms with van der Waals surface area (Å²) in [6.45, 7) is 9.44. The largest absolute Gasteiger partial charge is 0.358 e. The highest BCUT2D eigenvalue weighted by Crippen LogP contribution is 2.18. The molecule has 1 fully saturated rings. The Morgan fingerprint density at radius 1 is 1.33 bits per heavy atom. The van der Waals surface area contributed by atoms with Crippen LogP contribution in [-0.4, -0.2) is 48.6 Å². The van der Waals surface area contributed by atoms with Gasteiger partial charge in [0.15, 0.2) is 0 Å². The molecule has 15 heavy (non-hydrogen) atoms. The van der Waals surface area contributed by atoms with Crippen molar-refractivity contribution in [1.82, 2.24) is 15.5 Å². The van der Waals surface area contributed by atoms with E-state index < -0.39 is 0 Å². The van der Waals surface area contributed by atoms with Crippen LogP contribution in [0.25, 0.3) is 0 Å². The number of hydrogen-bond donors (Lipinski definition) is 2. The Morgan fingerprint density at radius 3 is 2.40 bits per heavy atom. The number of rotatable bonds is 2. The smallest absolute Gasteiger partial charge is 0.238 e. The molecule has 4 atom stereocenters. The second-order valence-corrected chi connectivity index (χ2v) is 4.37. The van der Waals surface area contributed by atoms with Gasteiger partial charge in [-0.1, -0.05) is 6.92 Å². The number of likely N-dealkylation sites (N-methyl/N-ethyl adjacent to an activating group) is 2. The molecular weight excluding hydrogens is 190 g/mol. The molecule has 1 aliphatic rings. The van der Waals surface area contributed by atoms with Crippen LogP contribution >= 0.6 is 0 Å². The fraction of sp³-hybridized carbons (Fsp3) is 0.909. The van der Waals surface area contributed by atoms with Crippen molar-refractivity contribution >= 4 is 5.91 Å². The van der Waals surface area contributed by atoms with Crippen LogP contribution < -0.4 is 10.6 Å². The zero-order valence-corrected chi connectivity index (χ0v) is 10.4. The van der Waals surface area contributed by atoms with E-state index in [0.29, 0.717) is 12.1 Å². The first kappa shape index (κ1) is 12.5. The van der Waals surface area contributed by atoms with E-state index >= 15 is 0 Å². The molecule has 4 nitrogen and oxygen atoms in total. The first-order chi connectivity index (χ1) is 7.02. The van der Waals surface area contributed by atoms with Gasteiger partial charge >= 0.3 is 0 Å². The van der Waals surface area contributed by atoms with Gasteiger partial charge in [-0.05, 0) is 27.3 Å². The first-order valence-electron chi connectivity index (χ1n) is 5.76. The summed E-state index contributed by atoms with van der Waals surface area (Å²) in [6.07, 6.45) is 0. The maximum atomic E-state index is 11.8. The lowest BCUT2D eigenvalue weighted by atomic mass is 9.96. The molecule has 0 saturated carbocycles. The summed E-state index contributed by atoms with van der Waals surface area (Å²) in [7, 11) is 1.70. The van der Waals surface area contributed by atoms with Crippen LogP contribution in [0.1, 0.15) is 27.7 Å². The summed E-state index contributed by atoms with van der Waals surface area (Å²) in [5, 5.41) is 6.20. The van der Waals surface area contributed by atoms with Crippen molar-refractivity contribution in [3.63, 3.8) is 0 Å². The van der Waals surface area contributed by atoms with Gasteiger partial charge in [0, 0.05) is 25.2 Å². The Bertz CT molecular complexity index is 232. The molecule has 0 bridgehead atoms. The average Bonchev–Trinajstić information content (AvgIpc) is 2.21. The topological polar surface area (TPSA) is 44.4 Å². The minimum Gasteiger partial charge on any atom is -0.358 e. The van der Waals surface area contributed by atoms with Gasteiger partial charge in [0.2, 0.25) is 5.91 Å². The highest BCUT2D eigenvalue weighted by Gasteiger charge is 2.39. The number of nitrogens with zero attached hydrogens (tertiary/aromatic N) is 1. The van der Waals surface area contributed by atoms with E-state index in [1.54, 1.807) is 7.05 Å². The fourth-order valence-corrected chi connectivity index (χ4v) is 2.48. The summed E-state index contributed by atoms with van der Waals surface area (Å²) in [5.74, 6) is 0.107. The predicted molar refractivity (Wildman–Crippen MR) is 61.8 cm³/mol. The van der Waals surface area contributed by atoms with Crippen molar-refractivity contribution in [2.45, 2.75) is 51.9 Å². The lowest BCUT2D eigenvalue weighted by Crippen LogP contribution is -2.68. The number of nitrogens with one attached hydrogen (secondary N) is 2. The molecule has 0 aromatic carbocycles. The van der Waals surface area contributed by atoms with E-state index in [1.807, 2.05) is 0 Å². The summed E-state index contributed by atoms with van der Waals surface area (Å²) in [6, 6.07) is 0.983. The van der Waals surface area contributed by atoms with Gasteiger partial charge in [-0.3, -0.25) is 9.69 Å². The maximum absolute atomic E-state index is 11.8. The zero-order chi connectivity index (χ0) is 11.6. The van der Waals surface area contributed by atoms with Crippen LogP contribution in [0, 0.1) is 0 Å². The molecule has 4 unspecified atom stereocenters. The Labute approximate surface area is 92.4 Å². The van der Waals surface area contributed by atoms with E-state index in [2.05, 4.69) is 43.2 Å².